The minimum Gasteiger partial charge on any atom is -0.383 e. The molecule has 0 bridgehead atoms. The number of rotatable bonds is 7. The van der Waals surface area contributed by atoms with E-state index in [-0.39, 0.29) is 0 Å². The molecule has 4 nitrogen and oxygen atoms in total. The Hall–Kier alpha value is -0.870. The van der Waals surface area contributed by atoms with Gasteiger partial charge in [-0.3, -0.25) is 0 Å². The van der Waals surface area contributed by atoms with Gasteiger partial charge in [0.1, 0.15) is 5.82 Å². The second-order valence-corrected chi connectivity index (χ2v) is 4.47. The molecule has 92 valence electrons. The molecule has 0 amide bonds. The Labute approximate surface area is 98.0 Å². The van der Waals surface area contributed by atoms with Crippen molar-refractivity contribution in [2.45, 2.75) is 33.9 Å². The maximum Gasteiger partial charge on any atom is 0.105 e. The zero-order chi connectivity index (χ0) is 12.0. The predicted molar refractivity (Wildman–Crippen MR) is 65.4 cm³/mol. The first-order chi connectivity index (χ1) is 7.65. The third kappa shape index (κ3) is 3.94. The van der Waals surface area contributed by atoms with Gasteiger partial charge in [0.15, 0.2) is 0 Å². The van der Waals surface area contributed by atoms with Gasteiger partial charge in [-0.2, -0.15) is 0 Å². The van der Waals surface area contributed by atoms with Gasteiger partial charge in [0, 0.05) is 26.4 Å². The van der Waals surface area contributed by atoms with Gasteiger partial charge < -0.3 is 14.6 Å². The molecular formula is C12H23N3O. The molecule has 0 aliphatic heterocycles. The predicted octanol–water partition coefficient (Wildman–Crippen LogP) is 1.58. The van der Waals surface area contributed by atoms with Crippen LogP contribution in [0.15, 0.2) is 6.20 Å². The van der Waals surface area contributed by atoms with E-state index in [0.717, 1.165) is 32.1 Å². The summed E-state index contributed by atoms with van der Waals surface area (Å²) in [7, 11) is 1.73. The molecule has 0 fully saturated rings. The number of aromatic nitrogens is 2. The highest BCUT2D eigenvalue weighted by Crippen LogP contribution is 2.04. The first-order valence-corrected chi connectivity index (χ1v) is 5.85. The SMILES string of the molecule is COCCn1c(CNCC(C)C)cnc1C. The lowest BCUT2D eigenvalue weighted by atomic mass is 10.2. The molecule has 0 aliphatic carbocycles. The first kappa shape index (κ1) is 13.2. The van der Waals surface area contributed by atoms with Crippen molar-refractivity contribution in [3.63, 3.8) is 0 Å². The van der Waals surface area contributed by atoms with Crippen LogP contribution >= 0.6 is 0 Å². The van der Waals surface area contributed by atoms with E-state index >= 15 is 0 Å². The second kappa shape index (κ2) is 6.66. The zero-order valence-electron chi connectivity index (χ0n) is 10.8. The van der Waals surface area contributed by atoms with Crippen LogP contribution in [-0.2, 0) is 17.8 Å². The molecule has 0 aromatic carbocycles. The lowest BCUT2D eigenvalue weighted by molar-refractivity contribution is 0.185. The Morgan fingerprint density at radius 1 is 1.50 bits per heavy atom. The van der Waals surface area contributed by atoms with Gasteiger partial charge in [0.05, 0.1) is 12.3 Å². The average Bonchev–Trinajstić information content (AvgIpc) is 2.57. The zero-order valence-corrected chi connectivity index (χ0v) is 10.8. The fourth-order valence-electron chi connectivity index (χ4n) is 1.63. The van der Waals surface area contributed by atoms with E-state index in [1.165, 1.54) is 5.69 Å². The van der Waals surface area contributed by atoms with Crippen molar-refractivity contribution in [3.05, 3.63) is 17.7 Å². The standard InChI is InChI=1S/C12H23N3O/c1-10(2)7-13-8-12-9-14-11(3)15(12)5-6-16-4/h9-10,13H,5-8H2,1-4H3. The van der Waals surface area contributed by atoms with Gasteiger partial charge in [-0.15, -0.1) is 0 Å². The smallest absolute Gasteiger partial charge is 0.105 e. The third-order valence-electron chi connectivity index (χ3n) is 2.52. The van der Waals surface area contributed by atoms with Crippen molar-refractivity contribution in [2.24, 2.45) is 5.92 Å². The highest BCUT2D eigenvalue weighted by Gasteiger charge is 2.05. The maximum absolute atomic E-state index is 5.10. The Balaban J connectivity index is 2.51. The molecule has 0 saturated carbocycles. The molecular weight excluding hydrogens is 202 g/mol. The van der Waals surface area contributed by atoms with Crippen LogP contribution in [0.1, 0.15) is 25.4 Å². The number of hydrogen-bond donors (Lipinski definition) is 1. The molecule has 16 heavy (non-hydrogen) atoms. The van der Waals surface area contributed by atoms with Crippen LogP contribution in [0.4, 0.5) is 0 Å². The number of nitrogens with zero attached hydrogens (tertiary/aromatic N) is 2. The summed E-state index contributed by atoms with van der Waals surface area (Å²) in [6.07, 6.45) is 1.94. The number of nitrogens with one attached hydrogen (secondary N) is 1. The van der Waals surface area contributed by atoms with Crippen LogP contribution in [0.2, 0.25) is 0 Å². The van der Waals surface area contributed by atoms with Crippen molar-refractivity contribution in [1.29, 1.82) is 0 Å². The van der Waals surface area contributed by atoms with Gasteiger partial charge in [-0.05, 0) is 19.4 Å². The average molecular weight is 225 g/mol. The van der Waals surface area contributed by atoms with E-state index < -0.39 is 0 Å². The van der Waals surface area contributed by atoms with Crippen molar-refractivity contribution >= 4 is 0 Å². The Morgan fingerprint density at radius 2 is 2.25 bits per heavy atom. The van der Waals surface area contributed by atoms with E-state index in [1.807, 2.05) is 13.1 Å². The van der Waals surface area contributed by atoms with Crippen LogP contribution in [0.5, 0.6) is 0 Å². The van der Waals surface area contributed by atoms with E-state index in [9.17, 15) is 0 Å². The molecule has 0 radical (unpaired) electrons. The van der Waals surface area contributed by atoms with E-state index in [4.69, 9.17) is 4.74 Å². The molecule has 1 N–H and O–H groups in total. The second-order valence-electron chi connectivity index (χ2n) is 4.47. The number of hydrogen-bond acceptors (Lipinski definition) is 3. The Bertz CT molecular complexity index is 307. The molecule has 0 unspecified atom stereocenters. The van der Waals surface area contributed by atoms with Crippen molar-refractivity contribution in [2.75, 3.05) is 20.3 Å². The summed E-state index contributed by atoms with van der Waals surface area (Å²) >= 11 is 0. The fraction of sp³-hybridized carbons (Fsp3) is 0.750. The minimum atomic E-state index is 0.677. The summed E-state index contributed by atoms with van der Waals surface area (Å²) in [5.41, 5.74) is 1.23. The molecule has 1 aromatic heterocycles. The molecule has 0 atom stereocenters. The number of ether oxygens (including phenoxy) is 1. The molecule has 0 aliphatic rings. The van der Waals surface area contributed by atoms with Crippen LogP contribution in [0, 0.1) is 12.8 Å². The van der Waals surface area contributed by atoms with E-state index in [0.29, 0.717) is 5.92 Å². The lowest BCUT2D eigenvalue weighted by Gasteiger charge is -2.11. The lowest BCUT2D eigenvalue weighted by Crippen LogP contribution is -2.21. The number of imidazole rings is 1. The maximum atomic E-state index is 5.10. The monoisotopic (exact) mass is 225 g/mol. The topological polar surface area (TPSA) is 39.1 Å². The first-order valence-electron chi connectivity index (χ1n) is 5.85. The van der Waals surface area contributed by atoms with E-state index in [1.54, 1.807) is 7.11 Å². The van der Waals surface area contributed by atoms with Gasteiger partial charge >= 0.3 is 0 Å². The molecule has 0 spiro atoms. The molecule has 1 heterocycles. The van der Waals surface area contributed by atoms with Gasteiger partial charge in [0.25, 0.3) is 0 Å². The molecule has 1 aromatic rings. The van der Waals surface area contributed by atoms with Crippen molar-refractivity contribution < 1.29 is 4.74 Å². The van der Waals surface area contributed by atoms with Crippen LogP contribution in [0.25, 0.3) is 0 Å². The molecule has 0 saturated heterocycles. The number of aryl methyl sites for hydroxylation is 1. The minimum absolute atomic E-state index is 0.677. The highest BCUT2D eigenvalue weighted by molar-refractivity contribution is 5.04. The van der Waals surface area contributed by atoms with Gasteiger partial charge in [-0.25, -0.2) is 4.98 Å². The van der Waals surface area contributed by atoms with Crippen LogP contribution in [0.3, 0.4) is 0 Å². The largest absolute Gasteiger partial charge is 0.383 e. The highest BCUT2D eigenvalue weighted by atomic mass is 16.5. The Morgan fingerprint density at radius 3 is 2.88 bits per heavy atom. The summed E-state index contributed by atoms with van der Waals surface area (Å²) in [5.74, 6) is 1.73. The number of methoxy groups -OCH3 is 1. The summed E-state index contributed by atoms with van der Waals surface area (Å²) < 4.78 is 7.30. The summed E-state index contributed by atoms with van der Waals surface area (Å²) in [6, 6.07) is 0. The normalized spacial score (nSPS) is 11.3. The molecule has 4 heteroatoms. The van der Waals surface area contributed by atoms with Crippen molar-refractivity contribution in [3.8, 4) is 0 Å². The summed E-state index contributed by atoms with van der Waals surface area (Å²) in [4.78, 5) is 4.33. The third-order valence-corrected chi connectivity index (χ3v) is 2.52. The fourth-order valence-corrected chi connectivity index (χ4v) is 1.63. The van der Waals surface area contributed by atoms with Crippen molar-refractivity contribution in [1.82, 2.24) is 14.9 Å². The summed E-state index contributed by atoms with van der Waals surface area (Å²) in [6.45, 7) is 9.97. The van der Waals surface area contributed by atoms with Crippen LogP contribution in [-0.4, -0.2) is 29.8 Å². The molecule has 1 rings (SSSR count). The summed E-state index contributed by atoms with van der Waals surface area (Å²) in [5, 5.41) is 3.43. The van der Waals surface area contributed by atoms with E-state index in [2.05, 4.69) is 28.7 Å². The van der Waals surface area contributed by atoms with Crippen LogP contribution < -0.4 is 5.32 Å². The van der Waals surface area contributed by atoms with Gasteiger partial charge in [-0.1, -0.05) is 13.8 Å². The quantitative estimate of drug-likeness (QED) is 0.766. The van der Waals surface area contributed by atoms with Gasteiger partial charge in [0.2, 0.25) is 0 Å². The Kier molecular flexibility index (Phi) is 5.49.